The van der Waals surface area contributed by atoms with Gasteiger partial charge in [-0.15, -0.1) is 0 Å². The molecule has 0 radical (unpaired) electrons. The van der Waals surface area contributed by atoms with E-state index in [0.717, 1.165) is 42.0 Å². The smallest absolute Gasteiger partial charge is 0.417 e. The molecule has 3 aromatic rings. The van der Waals surface area contributed by atoms with Gasteiger partial charge in [-0.25, -0.2) is 4.98 Å². The Morgan fingerprint density at radius 2 is 1.68 bits per heavy atom. The van der Waals surface area contributed by atoms with Crippen molar-refractivity contribution < 1.29 is 17.9 Å². The molecule has 28 heavy (non-hydrogen) atoms. The highest BCUT2D eigenvalue weighted by atomic mass is 19.4. The van der Waals surface area contributed by atoms with E-state index in [1.165, 1.54) is 6.07 Å². The van der Waals surface area contributed by atoms with Crippen LogP contribution in [0.3, 0.4) is 0 Å². The molecule has 0 N–H and O–H groups in total. The maximum atomic E-state index is 12.7. The lowest BCUT2D eigenvalue weighted by Gasteiger charge is -2.22. The summed E-state index contributed by atoms with van der Waals surface area (Å²) in [6, 6.07) is 20.7. The van der Waals surface area contributed by atoms with Crippen LogP contribution in [0.5, 0.6) is 5.88 Å². The molecule has 1 aliphatic heterocycles. The van der Waals surface area contributed by atoms with Crippen molar-refractivity contribution in [2.75, 3.05) is 18.0 Å². The van der Waals surface area contributed by atoms with Crippen LogP contribution in [0.25, 0.3) is 11.1 Å². The number of alkyl halides is 3. The fraction of sp³-hybridized carbons (Fsp3) is 0.227. The van der Waals surface area contributed by atoms with Crippen molar-refractivity contribution >= 4 is 5.69 Å². The maximum Gasteiger partial charge on any atom is 0.417 e. The molecular weight excluding hydrogens is 365 g/mol. The summed E-state index contributed by atoms with van der Waals surface area (Å²) < 4.78 is 43.8. The number of rotatable bonds is 4. The van der Waals surface area contributed by atoms with Crippen LogP contribution in [-0.4, -0.2) is 24.2 Å². The number of halogens is 3. The number of pyridine rings is 1. The van der Waals surface area contributed by atoms with Crippen LogP contribution in [0.1, 0.15) is 12.0 Å². The van der Waals surface area contributed by atoms with Crippen LogP contribution in [0, 0.1) is 0 Å². The molecule has 0 saturated carbocycles. The standard InChI is InChI=1S/C22H19F3N2O/c23-22(24,25)17-10-11-21(26-14-17)28-18-12-13-27(15-18)20-9-5-4-8-19(20)16-6-2-1-3-7-16/h1-11,14,18H,12-13,15H2/t18-/m0/s1. The summed E-state index contributed by atoms with van der Waals surface area (Å²) in [5.74, 6) is 0.219. The number of aromatic nitrogens is 1. The highest BCUT2D eigenvalue weighted by Crippen LogP contribution is 2.33. The van der Waals surface area contributed by atoms with Crippen molar-refractivity contribution in [3.8, 4) is 17.0 Å². The number of nitrogens with zero attached hydrogens (tertiary/aromatic N) is 2. The normalized spacial score (nSPS) is 17.0. The maximum absolute atomic E-state index is 12.7. The largest absolute Gasteiger partial charge is 0.472 e. The van der Waals surface area contributed by atoms with Crippen molar-refractivity contribution in [1.29, 1.82) is 0 Å². The van der Waals surface area contributed by atoms with E-state index in [0.29, 0.717) is 6.54 Å². The molecule has 0 aliphatic carbocycles. The van der Waals surface area contributed by atoms with E-state index in [4.69, 9.17) is 4.74 Å². The number of anilines is 1. The molecular formula is C22H19F3N2O. The minimum absolute atomic E-state index is 0.118. The molecule has 1 fully saturated rings. The van der Waals surface area contributed by atoms with E-state index >= 15 is 0 Å². The van der Waals surface area contributed by atoms with E-state index in [1.54, 1.807) is 0 Å². The lowest BCUT2D eigenvalue weighted by molar-refractivity contribution is -0.137. The summed E-state index contributed by atoms with van der Waals surface area (Å²) in [7, 11) is 0. The van der Waals surface area contributed by atoms with Crippen LogP contribution in [0.2, 0.25) is 0 Å². The first-order chi connectivity index (χ1) is 13.5. The summed E-state index contributed by atoms with van der Waals surface area (Å²) >= 11 is 0. The van der Waals surface area contributed by atoms with Gasteiger partial charge in [0.15, 0.2) is 0 Å². The Balaban J connectivity index is 1.47. The van der Waals surface area contributed by atoms with Crippen molar-refractivity contribution in [1.82, 2.24) is 4.98 Å². The third kappa shape index (κ3) is 3.96. The molecule has 0 amide bonds. The number of benzene rings is 2. The Labute approximate surface area is 161 Å². The zero-order valence-corrected chi connectivity index (χ0v) is 15.1. The molecule has 3 nitrogen and oxygen atoms in total. The number of hydrogen-bond donors (Lipinski definition) is 0. The summed E-state index contributed by atoms with van der Waals surface area (Å²) in [5.41, 5.74) is 2.65. The molecule has 0 spiro atoms. The van der Waals surface area contributed by atoms with Gasteiger partial charge in [0.25, 0.3) is 0 Å². The zero-order valence-electron chi connectivity index (χ0n) is 15.1. The van der Waals surface area contributed by atoms with E-state index in [2.05, 4.69) is 34.1 Å². The van der Waals surface area contributed by atoms with E-state index in [9.17, 15) is 13.2 Å². The van der Waals surface area contributed by atoms with E-state index < -0.39 is 11.7 Å². The second kappa shape index (κ2) is 7.54. The topological polar surface area (TPSA) is 25.4 Å². The van der Waals surface area contributed by atoms with Gasteiger partial charge in [0, 0.05) is 36.5 Å². The average molecular weight is 384 g/mol. The van der Waals surface area contributed by atoms with Gasteiger partial charge in [-0.3, -0.25) is 0 Å². The summed E-state index contributed by atoms with van der Waals surface area (Å²) in [6.45, 7) is 1.47. The second-order valence-electron chi connectivity index (χ2n) is 6.74. The van der Waals surface area contributed by atoms with Crippen LogP contribution >= 0.6 is 0 Å². The molecule has 1 aliphatic rings. The molecule has 144 valence electrons. The van der Waals surface area contributed by atoms with Gasteiger partial charge in [0.2, 0.25) is 5.88 Å². The van der Waals surface area contributed by atoms with Gasteiger partial charge in [0.1, 0.15) is 6.10 Å². The van der Waals surface area contributed by atoms with Gasteiger partial charge in [-0.05, 0) is 17.7 Å². The third-order valence-corrected chi connectivity index (χ3v) is 4.83. The zero-order chi connectivity index (χ0) is 19.6. The van der Waals surface area contributed by atoms with Crippen LogP contribution in [-0.2, 0) is 6.18 Å². The Kier molecular flexibility index (Phi) is 4.94. The SMILES string of the molecule is FC(F)(F)c1ccc(O[C@H]2CCN(c3ccccc3-c3ccccc3)C2)nc1. The average Bonchev–Trinajstić information content (AvgIpc) is 3.17. The van der Waals surface area contributed by atoms with Crippen molar-refractivity contribution in [3.05, 3.63) is 78.5 Å². The predicted octanol–water partition coefficient (Wildman–Crippen LogP) is 5.43. The minimum Gasteiger partial charge on any atom is -0.472 e. The number of hydrogen-bond acceptors (Lipinski definition) is 3. The molecule has 0 unspecified atom stereocenters. The summed E-state index contributed by atoms with van der Waals surface area (Å²) in [6.07, 6.45) is -2.91. The first-order valence-corrected chi connectivity index (χ1v) is 9.10. The van der Waals surface area contributed by atoms with Gasteiger partial charge in [-0.1, -0.05) is 48.5 Å². The summed E-state index contributed by atoms with van der Waals surface area (Å²) in [4.78, 5) is 6.06. The highest BCUT2D eigenvalue weighted by molar-refractivity contribution is 5.78. The first-order valence-electron chi connectivity index (χ1n) is 9.10. The van der Waals surface area contributed by atoms with E-state index in [-0.39, 0.29) is 12.0 Å². The van der Waals surface area contributed by atoms with Gasteiger partial charge < -0.3 is 9.64 Å². The van der Waals surface area contributed by atoms with Crippen LogP contribution < -0.4 is 9.64 Å². The highest BCUT2D eigenvalue weighted by Gasteiger charge is 2.31. The molecule has 2 heterocycles. The van der Waals surface area contributed by atoms with Crippen molar-refractivity contribution in [3.63, 3.8) is 0 Å². The molecule has 4 rings (SSSR count). The van der Waals surface area contributed by atoms with Crippen LogP contribution in [0.15, 0.2) is 72.9 Å². The van der Waals surface area contributed by atoms with Gasteiger partial charge >= 0.3 is 6.18 Å². The number of para-hydroxylation sites is 1. The molecule has 1 atom stereocenters. The Bertz CT molecular complexity index is 927. The fourth-order valence-corrected chi connectivity index (χ4v) is 3.44. The molecule has 0 bridgehead atoms. The minimum atomic E-state index is -4.39. The predicted molar refractivity (Wildman–Crippen MR) is 102 cm³/mol. The molecule has 2 aromatic carbocycles. The Morgan fingerprint density at radius 3 is 2.39 bits per heavy atom. The van der Waals surface area contributed by atoms with Gasteiger partial charge in [-0.2, -0.15) is 13.2 Å². The lowest BCUT2D eigenvalue weighted by atomic mass is 10.0. The quantitative estimate of drug-likeness (QED) is 0.600. The fourth-order valence-electron chi connectivity index (χ4n) is 3.44. The second-order valence-corrected chi connectivity index (χ2v) is 6.74. The van der Waals surface area contributed by atoms with Crippen molar-refractivity contribution in [2.45, 2.75) is 18.7 Å². The van der Waals surface area contributed by atoms with Gasteiger partial charge in [0.05, 0.1) is 12.1 Å². The Morgan fingerprint density at radius 1 is 0.929 bits per heavy atom. The first kappa shape index (κ1) is 18.3. The molecule has 1 aromatic heterocycles. The van der Waals surface area contributed by atoms with Crippen molar-refractivity contribution in [2.24, 2.45) is 0 Å². The monoisotopic (exact) mass is 384 g/mol. The number of ether oxygens (including phenoxy) is 1. The Hall–Kier alpha value is -3.02. The third-order valence-electron chi connectivity index (χ3n) is 4.83. The van der Waals surface area contributed by atoms with E-state index in [1.807, 2.05) is 30.3 Å². The lowest BCUT2D eigenvalue weighted by Crippen LogP contribution is -2.25. The summed E-state index contributed by atoms with van der Waals surface area (Å²) in [5, 5.41) is 0. The molecule has 6 heteroatoms. The van der Waals surface area contributed by atoms with Crippen LogP contribution in [0.4, 0.5) is 18.9 Å². The molecule has 1 saturated heterocycles.